The zero-order valence-corrected chi connectivity index (χ0v) is 27.2. The predicted octanol–water partition coefficient (Wildman–Crippen LogP) is 7.91. The van der Waals surface area contributed by atoms with Crippen LogP contribution in [0.3, 0.4) is 0 Å². The molecule has 1 fully saturated rings. The molecule has 2 aromatic carbocycles. The Morgan fingerprint density at radius 1 is 1.00 bits per heavy atom. The van der Waals surface area contributed by atoms with Crippen molar-refractivity contribution < 1.29 is 18.0 Å². The number of ketones is 1. The van der Waals surface area contributed by atoms with E-state index in [0.717, 1.165) is 11.1 Å². The van der Waals surface area contributed by atoms with Crippen LogP contribution >= 0.6 is 23.2 Å². The maximum Gasteiger partial charge on any atom is 0.229 e. The number of likely N-dealkylation sites (tertiary alicyclic amines) is 1. The van der Waals surface area contributed by atoms with Crippen molar-refractivity contribution in [3.8, 4) is 0 Å². The molecule has 0 unspecified atom stereocenters. The highest BCUT2D eigenvalue weighted by molar-refractivity contribution is 7.92. The van der Waals surface area contributed by atoms with Crippen molar-refractivity contribution in [3.63, 3.8) is 0 Å². The molecule has 0 saturated carbocycles. The third kappa shape index (κ3) is 6.94. The quantitative estimate of drug-likeness (QED) is 0.290. The molecule has 4 atom stereocenters. The number of hydrogen-bond acceptors (Lipinski definition) is 4. The maximum atomic E-state index is 14.7. The van der Waals surface area contributed by atoms with E-state index in [4.69, 9.17) is 23.2 Å². The number of carbonyl (C=O) groups excluding carboxylic acids is 2. The number of carbonyl (C=O) groups is 2. The lowest BCUT2D eigenvalue weighted by Gasteiger charge is -2.53. The van der Waals surface area contributed by atoms with E-state index >= 15 is 0 Å². The summed E-state index contributed by atoms with van der Waals surface area (Å²) in [5.74, 6) is -0.990. The topological polar surface area (TPSA) is 71.5 Å². The second-order valence-corrected chi connectivity index (χ2v) is 16.8. The Morgan fingerprint density at radius 2 is 1.60 bits per heavy atom. The molecule has 2 aromatic rings. The molecule has 8 heteroatoms. The van der Waals surface area contributed by atoms with E-state index in [1.807, 2.05) is 71.0 Å². The molecule has 0 aliphatic carbocycles. The Hall–Kier alpha value is -1.89. The van der Waals surface area contributed by atoms with Crippen LogP contribution in [0.25, 0.3) is 0 Å². The summed E-state index contributed by atoms with van der Waals surface area (Å²) in [5, 5.41) is 1.14. The van der Waals surface area contributed by atoms with E-state index in [9.17, 15) is 18.0 Å². The molecule has 1 aliphatic heterocycles. The summed E-state index contributed by atoms with van der Waals surface area (Å²) in [7, 11) is -3.59. The van der Waals surface area contributed by atoms with Crippen LogP contribution in [0.1, 0.15) is 91.3 Å². The monoisotopic (exact) mass is 607 g/mol. The SMILES string of the molecule is CC(C)C(=O)C[C@@]1(C)C[C@H](c2cccc(Cl)c2)[C@@H](c2ccc(Cl)cc2)N([C@H](CS(=O)(=O)C(C)(C)C)C(C)C)C1=O. The zero-order valence-electron chi connectivity index (χ0n) is 24.9. The van der Waals surface area contributed by atoms with Crippen molar-refractivity contribution in [1.82, 2.24) is 4.90 Å². The number of piperidine rings is 1. The van der Waals surface area contributed by atoms with Gasteiger partial charge in [-0.25, -0.2) is 8.42 Å². The van der Waals surface area contributed by atoms with Gasteiger partial charge >= 0.3 is 0 Å². The minimum Gasteiger partial charge on any atom is -0.330 e. The van der Waals surface area contributed by atoms with Crippen LogP contribution in [0, 0.1) is 17.3 Å². The molecule has 5 nitrogen and oxygen atoms in total. The van der Waals surface area contributed by atoms with Crippen LogP contribution in [0.2, 0.25) is 10.0 Å². The van der Waals surface area contributed by atoms with Gasteiger partial charge in [0, 0.05) is 34.3 Å². The van der Waals surface area contributed by atoms with E-state index in [1.54, 1.807) is 37.8 Å². The summed E-state index contributed by atoms with van der Waals surface area (Å²) < 4.78 is 26.2. The van der Waals surface area contributed by atoms with Crippen molar-refractivity contribution in [2.24, 2.45) is 17.3 Å². The number of benzene rings is 2. The van der Waals surface area contributed by atoms with Crippen molar-refractivity contribution in [2.75, 3.05) is 5.75 Å². The molecule has 0 N–H and O–H groups in total. The van der Waals surface area contributed by atoms with E-state index in [2.05, 4.69) is 0 Å². The first-order valence-corrected chi connectivity index (χ1v) is 16.4. The first-order valence-electron chi connectivity index (χ1n) is 14.0. The molecule has 0 radical (unpaired) electrons. The molecule has 220 valence electrons. The summed E-state index contributed by atoms with van der Waals surface area (Å²) >= 11 is 12.7. The summed E-state index contributed by atoms with van der Waals surface area (Å²) in [6.07, 6.45) is 0.506. The number of halogens is 2. The maximum absolute atomic E-state index is 14.7. The molecular weight excluding hydrogens is 565 g/mol. The Balaban J connectivity index is 2.32. The van der Waals surface area contributed by atoms with Gasteiger partial charge in [0.2, 0.25) is 5.91 Å². The minimum absolute atomic E-state index is 0.00833. The smallest absolute Gasteiger partial charge is 0.229 e. The highest BCUT2D eigenvalue weighted by Crippen LogP contribution is 2.53. The van der Waals surface area contributed by atoms with Gasteiger partial charge in [-0.15, -0.1) is 0 Å². The third-order valence-electron chi connectivity index (χ3n) is 8.25. The highest BCUT2D eigenvalue weighted by Gasteiger charge is 2.53. The van der Waals surface area contributed by atoms with Crippen LogP contribution in [-0.4, -0.2) is 41.5 Å². The average molecular weight is 609 g/mol. The summed E-state index contributed by atoms with van der Waals surface area (Å²) in [4.78, 5) is 29.6. The highest BCUT2D eigenvalue weighted by atomic mass is 35.5. The first kappa shape index (κ1) is 32.6. The molecule has 1 saturated heterocycles. The van der Waals surface area contributed by atoms with Crippen LogP contribution in [-0.2, 0) is 19.4 Å². The third-order valence-corrected chi connectivity index (χ3v) is 11.4. The van der Waals surface area contributed by atoms with Crippen molar-refractivity contribution in [3.05, 3.63) is 69.7 Å². The van der Waals surface area contributed by atoms with Crippen LogP contribution in [0.4, 0.5) is 0 Å². The molecule has 1 heterocycles. The fourth-order valence-electron chi connectivity index (χ4n) is 5.57. The molecule has 0 bridgehead atoms. The van der Waals surface area contributed by atoms with Gasteiger partial charge in [-0.2, -0.15) is 0 Å². The Morgan fingerprint density at radius 3 is 2.10 bits per heavy atom. The summed E-state index contributed by atoms with van der Waals surface area (Å²) in [5.41, 5.74) is 0.781. The van der Waals surface area contributed by atoms with Gasteiger partial charge in [0.25, 0.3) is 0 Å². The Bertz CT molecular complexity index is 1330. The van der Waals surface area contributed by atoms with Gasteiger partial charge in [-0.3, -0.25) is 9.59 Å². The van der Waals surface area contributed by atoms with Gasteiger partial charge in [-0.1, -0.05) is 82.1 Å². The van der Waals surface area contributed by atoms with E-state index in [1.165, 1.54) is 0 Å². The number of Topliss-reactive ketones (excluding diaryl/α,β-unsaturated/α-hetero) is 1. The van der Waals surface area contributed by atoms with Gasteiger partial charge in [0.15, 0.2) is 9.84 Å². The second kappa shape index (κ2) is 12.1. The van der Waals surface area contributed by atoms with Crippen molar-refractivity contribution in [1.29, 1.82) is 0 Å². The predicted molar refractivity (Wildman–Crippen MR) is 165 cm³/mol. The van der Waals surface area contributed by atoms with E-state index in [-0.39, 0.29) is 41.6 Å². The lowest BCUT2D eigenvalue weighted by molar-refractivity contribution is -0.158. The molecule has 3 rings (SSSR count). The van der Waals surface area contributed by atoms with Crippen LogP contribution < -0.4 is 0 Å². The van der Waals surface area contributed by atoms with Gasteiger partial charge < -0.3 is 4.90 Å². The normalized spacial score (nSPS) is 23.1. The van der Waals surface area contributed by atoms with Gasteiger partial charge in [0.1, 0.15) is 5.78 Å². The lowest BCUT2D eigenvalue weighted by atomic mass is 9.65. The summed E-state index contributed by atoms with van der Waals surface area (Å²) in [6, 6.07) is 13.9. The number of sulfone groups is 1. The molecular formula is C32H43Cl2NO4S. The van der Waals surface area contributed by atoms with Gasteiger partial charge in [-0.05, 0) is 68.5 Å². The fraction of sp³-hybridized carbons (Fsp3) is 0.562. The van der Waals surface area contributed by atoms with Gasteiger partial charge in [0.05, 0.1) is 22.0 Å². The molecule has 1 amide bonds. The van der Waals surface area contributed by atoms with Crippen molar-refractivity contribution >= 4 is 44.7 Å². The Kier molecular flexibility index (Phi) is 9.91. The van der Waals surface area contributed by atoms with Crippen LogP contribution in [0.5, 0.6) is 0 Å². The Labute approximate surface area is 250 Å². The lowest BCUT2D eigenvalue weighted by Crippen LogP contribution is -2.59. The molecule has 40 heavy (non-hydrogen) atoms. The largest absolute Gasteiger partial charge is 0.330 e. The number of rotatable bonds is 9. The molecule has 1 aliphatic rings. The minimum atomic E-state index is -3.59. The number of amides is 1. The standard InChI is InChI=1S/C32H43Cl2NO4S/c1-20(2)27(19-40(38,39)31(5,6)7)35-29(22-12-14-24(33)15-13-22)26(23-10-9-11-25(34)16-23)17-32(8,30(35)37)18-28(36)21(3)4/h9-16,20-21,26-27,29H,17-19H2,1-8H3/t26-,27-,29-,32-/m1/s1. The number of hydrogen-bond donors (Lipinski definition) is 0. The fourth-order valence-corrected chi connectivity index (χ4v) is 7.39. The average Bonchev–Trinajstić information content (AvgIpc) is 2.84. The van der Waals surface area contributed by atoms with Crippen molar-refractivity contribution in [2.45, 2.75) is 91.0 Å². The van der Waals surface area contributed by atoms with Crippen LogP contribution in [0.15, 0.2) is 48.5 Å². The first-order chi connectivity index (χ1) is 18.4. The summed E-state index contributed by atoms with van der Waals surface area (Å²) in [6.45, 7) is 14.5. The van der Waals surface area contributed by atoms with E-state index in [0.29, 0.717) is 16.5 Å². The molecule has 0 spiro atoms. The second-order valence-electron chi connectivity index (χ2n) is 13.1. The van der Waals surface area contributed by atoms with E-state index < -0.39 is 32.1 Å². The molecule has 0 aromatic heterocycles. The number of nitrogens with zero attached hydrogens (tertiary/aromatic N) is 1. The zero-order chi connectivity index (χ0) is 30.2.